The zero-order valence-corrected chi connectivity index (χ0v) is 42.4. The van der Waals surface area contributed by atoms with Gasteiger partial charge in [0, 0.05) is 51.0 Å². The fraction of sp³-hybridized carbons (Fsp3) is 0.588. The van der Waals surface area contributed by atoms with Crippen LogP contribution in [-0.4, -0.2) is 77.4 Å². The third kappa shape index (κ3) is 7.45. The Morgan fingerprint density at radius 1 is 0.485 bits per heavy atom. The van der Waals surface area contributed by atoms with Gasteiger partial charge >= 0.3 is 0 Å². The molecule has 3 aliphatic heterocycles. The molecule has 9 aliphatic rings. The molecule has 3 fully saturated rings. The first-order chi connectivity index (χ1) is 34.0. The van der Waals surface area contributed by atoms with Gasteiger partial charge in [-0.15, -0.1) is 0 Å². The number of aliphatic imine (C=N–C) groups is 3. The smallest absolute Gasteiger partial charge is 0.283 e. The molecular weight excluding hydrogens is 1030 g/mol. The van der Waals surface area contributed by atoms with E-state index in [1.807, 2.05) is 36.4 Å². The summed E-state index contributed by atoms with van der Waals surface area (Å²) in [4.78, 5) is 13.9. The van der Waals surface area contributed by atoms with E-state index in [4.69, 9.17) is 53.8 Å². The molecule has 3 heterocycles. The highest BCUT2D eigenvalue weighted by Gasteiger charge is 2.64. The molecule has 0 saturated heterocycles. The minimum Gasteiger partial charge on any atom is -0.462 e. The Kier molecular flexibility index (Phi) is 10.6. The van der Waals surface area contributed by atoms with Gasteiger partial charge in [0.05, 0.1) is 26.5 Å². The minimum absolute atomic E-state index is 0.0546. The van der Waals surface area contributed by atoms with Crippen molar-refractivity contribution in [3.63, 3.8) is 0 Å². The maximum Gasteiger partial charge on any atom is 0.283 e. The van der Waals surface area contributed by atoms with E-state index in [-0.39, 0.29) is 52.6 Å². The topological polar surface area (TPSA) is 171 Å². The van der Waals surface area contributed by atoms with E-state index < -0.39 is 36.3 Å². The molecule has 0 amide bonds. The fourth-order valence-electron chi connectivity index (χ4n) is 13.2. The summed E-state index contributed by atoms with van der Waals surface area (Å²) in [7, 11) is 5.23. The van der Waals surface area contributed by atoms with E-state index in [1.54, 1.807) is 21.3 Å². The number of hydrogen-bond acceptors (Lipinski definition) is 12. The van der Waals surface area contributed by atoms with Crippen LogP contribution in [0.3, 0.4) is 0 Å². The number of nitrogens with zero attached hydrogens (tertiary/aromatic N) is 3. The lowest BCUT2D eigenvalue weighted by atomic mass is 9.62. The lowest BCUT2D eigenvalue weighted by molar-refractivity contribution is -0.00985. The van der Waals surface area contributed by atoms with Crippen molar-refractivity contribution >= 4 is 65.9 Å². The van der Waals surface area contributed by atoms with Crippen LogP contribution in [0.15, 0.2) is 83.0 Å². The van der Waals surface area contributed by atoms with Crippen LogP contribution in [0, 0.1) is 16.2 Å². The fourth-order valence-corrected chi connectivity index (χ4v) is 14.3. The summed E-state index contributed by atoms with van der Waals surface area (Å²) < 4.78 is 87.2. The van der Waals surface area contributed by atoms with E-state index in [1.165, 1.54) is 0 Å². The highest BCUT2D eigenvalue weighted by molar-refractivity contribution is 9.11. The van der Waals surface area contributed by atoms with Crippen LogP contribution in [0.5, 0.6) is 0 Å². The average Bonchev–Trinajstić information content (AvgIpc) is 4.08. The van der Waals surface area contributed by atoms with Gasteiger partial charge in [-0.3, -0.25) is 0 Å². The SMILES string of the molecule is [2H]C1([2H])OC(N)=NC12c1cc(Br)ccc1CC21CCC(OC)CC1.[2H]C1([2H])OC(N)=N[C@@]12c1cc(Br)ccc1CC21CCC(OC)CC1.[2H]C1([2H])OC(N)=N[C@]12c1cc(Br)ccc1CC21CCC(OC)CC1. The molecule has 3 saturated carbocycles. The summed E-state index contributed by atoms with van der Waals surface area (Å²) in [6.07, 6.45) is 13.6. The Morgan fingerprint density at radius 2 is 0.742 bits per heavy atom. The summed E-state index contributed by atoms with van der Waals surface area (Å²) in [5.41, 5.74) is 19.5. The summed E-state index contributed by atoms with van der Waals surface area (Å²) in [5.74, 6) is 0. The third-order valence-electron chi connectivity index (χ3n) is 16.7. The van der Waals surface area contributed by atoms with E-state index >= 15 is 0 Å². The highest BCUT2D eigenvalue weighted by Crippen LogP contribution is 2.64. The van der Waals surface area contributed by atoms with Gasteiger partial charge in [-0.05, 0) is 166 Å². The number of hydrogen-bond donors (Lipinski definition) is 3. The molecule has 15 heteroatoms. The number of methoxy groups -OCH3 is 3. The monoisotopic (exact) mass is 1100 g/mol. The van der Waals surface area contributed by atoms with E-state index in [2.05, 4.69) is 81.0 Å². The standard InChI is InChI=1S/3C17H21BrN2O2/c3*1-21-13-4-6-16(7-5-13)9-11-2-3-12(18)8-14(11)17(16)10-22-15(19)20-17/h3*2-3,8,13H,4-7,9-10H2,1H3,(H2,19,20)/t2*13?,16?,17-;/m10./s1/i3*10D2. The lowest BCUT2D eigenvalue weighted by Gasteiger charge is -2.45. The van der Waals surface area contributed by atoms with E-state index in [0.717, 1.165) is 143 Å². The minimum atomic E-state index is -1.96. The third-order valence-corrected chi connectivity index (χ3v) is 18.2. The molecule has 6 N–H and O–H groups in total. The molecule has 354 valence electrons. The van der Waals surface area contributed by atoms with Gasteiger partial charge in [-0.2, -0.15) is 0 Å². The molecule has 66 heavy (non-hydrogen) atoms. The molecule has 6 spiro atoms. The average molecular weight is 1100 g/mol. The quantitative estimate of drug-likeness (QED) is 0.231. The van der Waals surface area contributed by atoms with Crippen LogP contribution in [0.25, 0.3) is 0 Å². The Labute approximate surface area is 422 Å². The first-order valence-electron chi connectivity index (χ1n) is 26.1. The van der Waals surface area contributed by atoms with Crippen molar-refractivity contribution in [2.75, 3.05) is 41.0 Å². The van der Waals surface area contributed by atoms with Gasteiger partial charge in [0.1, 0.15) is 36.3 Å². The van der Waals surface area contributed by atoms with Crippen LogP contribution < -0.4 is 17.2 Å². The van der Waals surface area contributed by atoms with Crippen molar-refractivity contribution in [3.8, 4) is 0 Å². The highest BCUT2D eigenvalue weighted by atomic mass is 79.9. The number of amidine groups is 3. The number of ether oxygens (including phenoxy) is 6. The molecule has 6 aliphatic carbocycles. The van der Waals surface area contributed by atoms with Crippen molar-refractivity contribution in [1.29, 1.82) is 0 Å². The molecule has 12 nitrogen and oxygen atoms in total. The molecule has 1 unspecified atom stereocenters. The van der Waals surface area contributed by atoms with Crippen molar-refractivity contribution in [3.05, 3.63) is 101 Å². The number of fused-ring (bicyclic) bond motifs is 9. The number of benzene rings is 3. The molecule has 0 bridgehead atoms. The van der Waals surface area contributed by atoms with Gasteiger partial charge in [0.25, 0.3) is 18.1 Å². The largest absolute Gasteiger partial charge is 0.462 e. The molecular formula is C51H63Br3N6O6. The lowest BCUT2D eigenvalue weighted by Crippen LogP contribution is -2.46. The zero-order chi connectivity index (χ0) is 51.5. The summed E-state index contributed by atoms with van der Waals surface area (Å²) in [5, 5.41) is 0. The van der Waals surface area contributed by atoms with Gasteiger partial charge in [0.15, 0.2) is 0 Å². The second-order valence-corrected chi connectivity index (χ2v) is 22.4. The molecule has 0 aromatic heterocycles. The summed E-state index contributed by atoms with van der Waals surface area (Å²) in [6.45, 7) is -5.87. The van der Waals surface area contributed by atoms with E-state index in [0.29, 0.717) is 0 Å². The number of halogens is 3. The van der Waals surface area contributed by atoms with Crippen molar-refractivity contribution in [1.82, 2.24) is 0 Å². The normalized spacial score (nSPS) is 40.1. The van der Waals surface area contributed by atoms with Crippen LogP contribution in [0.4, 0.5) is 0 Å². The van der Waals surface area contributed by atoms with Gasteiger partial charge in [-0.1, -0.05) is 66.0 Å². The van der Waals surface area contributed by atoms with Crippen LogP contribution in [0.2, 0.25) is 0 Å². The molecule has 12 rings (SSSR count). The van der Waals surface area contributed by atoms with E-state index in [9.17, 15) is 0 Å². The second kappa shape index (κ2) is 17.6. The Bertz CT molecular complexity index is 2440. The predicted molar refractivity (Wildman–Crippen MR) is 266 cm³/mol. The van der Waals surface area contributed by atoms with Crippen molar-refractivity contribution in [2.45, 2.75) is 131 Å². The summed E-state index contributed by atoms with van der Waals surface area (Å²) >= 11 is 10.6. The maximum absolute atomic E-state index is 8.62. The van der Waals surface area contributed by atoms with Crippen LogP contribution in [0.1, 0.15) is 119 Å². The molecule has 3 aromatic carbocycles. The number of rotatable bonds is 3. The first kappa shape index (κ1) is 39.6. The first-order valence-corrected chi connectivity index (χ1v) is 25.5. The second-order valence-electron chi connectivity index (χ2n) is 19.7. The van der Waals surface area contributed by atoms with Gasteiger partial charge in [-0.25, -0.2) is 15.0 Å². The maximum atomic E-state index is 8.62. The molecule has 3 aromatic rings. The van der Waals surface area contributed by atoms with Crippen LogP contribution in [-0.2, 0) is 64.3 Å². The number of nitrogens with two attached hydrogens (primary N) is 3. The van der Waals surface area contributed by atoms with Crippen LogP contribution >= 0.6 is 47.8 Å². The Morgan fingerprint density at radius 3 is 0.955 bits per heavy atom. The zero-order valence-electron chi connectivity index (χ0n) is 43.7. The molecule has 3 atom stereocenters. The predicted octanol–water partition coefficient (Wildman–Crippen LogP) is 9.36. The summed E-state index contributed by atoms with van der Waals surface area (Å²) in [6, 6.07) is 18.0. The van der Waals surface area contributed by atoms with Crippen molar-refractivity contribution in [2.24, 2.45) is 48.4 Å². The van der Waals surface area contributed by atoms with Gasteiger partial charge in [0.2, 0.25) is 0 Å². The molecule has 0 radical (unpaired) electrons. The Balaban J connectivity index is 0.000000124. The Hall–Kier alpha value is -3.21. The van der Waals surface area contributed by atoms with Gasteiger partial charge < -0.3 is 45.6 Å². The van der Waals surface area contributed by atoms with Crippen molar-refractivity contribution < 1.29 is 36.6 Å².